The number of H-pyrrole nitrogens is 1. The van der Waals surface area contributed by atoms with Crippen LogP contribution in [0.5, 0.6) is 0 Å². The molecule has 0 saturated carbocycles. The lowest BCUT2D eigenvalue weighted by molar-refractivity contribution is 0.0599. The summed E-state index contributed by atoms with van der Waals surface area (Å²) in [6.45, 7) is 4.19. The molecule has 1 amide bonds. The van der Waals surface area contributed by atoms with E-state index in [0.717, 1.165) is 12.1 Å². The molecule has 30 heavy (non-hydrogen) atoms. The average Bonchev–Trinajstić information content (AvgIpc) is 3.09. The maximum Gasteiger partial charge on any atom is 0.339 e. The molecule has 1 aliphatic rings. The normalized spacial score (nSPS) is 15.3. The first-order valence-corrected chi connectivity index (χ1v) is 11.0. The van der Waals surface area contributed by atoms with E-state index in [9.17, 15) is 22.4 Å². The van der Waals surface area contributed by atoms with E-state index < -0.39 is 21.8 Å². The number of methoxy groups -OCH3 is 1. The summed E-state index contributed by atoms with van der Waals surface area (Å²) in [6.07, 6.45) is 0.530. The molecule has 1 saturated heterocycles. The van der Waals surface area contributed by atoms with Crippen LogP contribution in [-0.4, -0.2) is 67.8 Å². The van der Waals surface area contributed by atoms with E-state index in [4.69, 9.17) is 4.74 Å². The van der Waals surface area contributed by atoms with Gasteiger partial charge in [0.25, 0.3) is 5.91 Å². The van der Waals surface area contributed by atoms with Crippen molar-refractivity contribution in [2.75, 3.05) is 33.3 Å². The Kier molecular flexibility index (Phi) is 6.27. The minimum Gasteiger partial charge on any atom is -0.465 e. The molecule has 0 bridgehead atoms. The zero-order valence-electron chi connectivity index (χ0n) is 17.1. The minimum atomic E-state index is -3.76. The molecule has 10 heteroatoms. The highest BCUT2D eigenvalue weighted by Gasteiger charge is 2.32. The Labute approximate surface area is 174 Å². The number of aryl methyl sites for hydroxylation is 1. The number of carbonyl (C=O) groups is 2. The molecule has 3 rings (SSSR count). The number of piperazine rings is 1. The number of aromatic nitrogens is 1. The Morgan fingerprint density at radius 2 is 1.73 bits per heavy atom. The predicted molar refractivity (Wildman–Crippen MR) is 107 cm³/mol. The summed E-state index contributed by atoms with van der Waals surface area (Å²) >= 11 is 0. The molecule has 2 aromatic rings. The summed E-state index contributed by atoms with van der Waals surface area (Å²) in [5.74, 6) is -1.31. The molecule has 1 N–H and O–H groups in total. The third-order valence-electron chi connectivity index (χ3n) is 5.26. The second-order valence-corrected chi connectivity index (χ2v) is 8.91. The summed E-state index contributed by atoms with van der Waals surface area (Å²) in [4.78, 5) is 29.7. The van der Waals surface area contributed by atoms with Gasteiger partial charge in [-0.3, -0.25) is 4.79 Å². The highest BCUT2D eigenvalue weighted by atomic mass is 32.2. The highest BCUT2D eigenvalue weighted by molar-refractivity contribution is 7.89. The van der Waals surface area contributed by atoms with Crippen LogP contribution < -0.4 is 0 Å². The first-order chi connectivity index (χ1) is 14.2. The van der Waals surface area contributed by atoms with Gasteiger partial charge in [0, 0.05) is 31.9 Å². The van der Waals surface area contributed by atoms with Crippen molar-refractivity contribution < 1.29 is 27.1 Å². The van der Waals surface area contributed by atoms with E-state index in [1.807, 2.05) is 6.92 Å². The van der Waals surface area contributed by atoms with Gasteiger partial charge in [-0.05, 0) is 43.2 Å². The number of hydrogen-bond donors (Lipinski definition) is 1. The Morgan fingerprint density at radius 3 is 2.27 bits per heavy atom. The molecule has 1 aromatic heterocycles. The van der Waals surface area contributed by atoms with Crippen LogP contribution in [0.1, 0.15) is 39.0 Å². The number of aromatic amines is 1. The molecular weight excluding hydrogens is 413 g/mol. The van der Waals surface area contributed by atoms with Crippen molar-refractivity contribution in [2.45, 2.75) is 25.2 Å². The van der Waals surface area contributed by atoms with Gasteiger partial charge in [0.05, 0.1) is 17.6 Å². The van der Waals surface area contributed by atoms with Gasteiger partial charge in [0.15, 0.2) is 0 Å². The average molecular weight is 437 g/mol. The van der Waals surface area contributed by atoms with Crippen molar-refractivity contribution in [2.24, 2.45) is 0 Å². The maximum absolute atomic E-state index is 13.1. The van der Waals surface area contributed by atoms with E-state index in [-0.39, 0.29) is 37.0 Å². The van der Waals surface area contributed by atoms with Crippen LogP contribution in [0.2, 0.25) is 0 Å². The summed E-state index contributed by atoms with van der Waals surface area (Å²) < 4.78 is 44.7. The summed E-state index contributed by atoms with van der Waals surface area (Å²) in [7, 11) is -2.47. The van der Waals surface area contributed by atoms with Crippen LogP contribution in [0.25, 0.3) is 0 Å². The standard InChI is InChI=1S/C20H24FN3O5S/c1-4-16-17(20(26)29-3)13(2)18(22-16)19(25)23-9-11-24(12-10-23)30(27,28)15-7-5-14(21)6-8-15/h5-8,22H,4,9-12H2,1-3H3. The summed E-state index contributed by atoms with van der Waals surface area (Å²) in [6, 6.07) is 4.66. The maximum atomic E-state index is 13.1. The fourth-order valence-corrected chi connectivity index (χ4v) is 4.98. The molecular formula is C20H24FN3O5S. The van der Waals surface area contributed by atoms with Gasteiger partial charge in [-0.15, -0.1) is 0 Å². The SMILES string of the molecule is CCc1[nH]c(C(=O)N2CCN(S(=O)(=O)c3ccc(F)cc3)CC2)c(C)c1C(=O)OC. The van der Waals surface area contributed by atoms with Gasteiger partial charge in [-0.2, -0.15) is 4.31 Å². The molecule has 1 fully saturated rings. The molecule has 0 atom stereocenters. The van der Waals surface area contributed by atoms with Gasteiger partial charge in [-0.25, -0.2) is 17.6 Å². The van der Waals surface area contributed by atoms with Gasteiger partial charge >= 0.3 is 5.97 Å². The van der Waals surface area contributed by atoms with E-state index in [1.165, 1.54) is 23.5 Å². The topological polar surface area (TPSA) is 99.8 Å². The lowest BCUT2D eigenvalue weighted by Crippen LogP contribution is -2.50. The zero-order chi connectivity index (χ0) is 22.1. The largest absolute Gasteiger partial charge is 0.465 e. The fraction of sp³-hybridized carbons (Fsp3) is 0.400. The van der Waals surface area contributed by atoms with E-state index in [1.54, 1.807) is 11.8 Å². The predicted octanol–water partition coefficient (Wildman–Crippen LogP) is 1.96. The first kappa shape index (κ1) is 22.0. The molecule has 1 aromatic carbocycles. The lowest BCUT2D eigenvalue weighted by Gasteiger charge is -2.34. The van der Waals surface area contributed by atoms with E-state index in [0.29, 0.717) is 28.9 Å². The van der Waals surface area contributed by atoms with Gasteiger partial charge in [0.1, 0.15) is 11.5 Å². The number of esters is 1. The number of nitrogens with one attached hydrogen (secondary N) is 1. The van der Waals surface area contributed by atoms with Crippen molar-refractivity contribution in [3.63, 3.8) is 0 Å². The molecule has 2 heterocycles. The van der Waals surface area contributed by atoms with Crippen LogP contribution in [0, 0.1) is 12.7 Å². The van der Waals surface area contributed by atoms with Crippen LogP contribution >= 0.6 is 0 Å². The minimum absolute atomic E-state index is 0.0131. The molecule has 0 radical (unpaired) electrons. The number of nitrogens with zero attached hydrogens (tertiary/aromatic N) is 2. The fourth-order valence-electron chi connectivity index (χ4n) is 3.56. The molecule has 8 nitrogen and oxygen atoms in total. The third kappa shape index (κ3) is 3.97. The number of hydrogen-bond acceptors (Lipinski definition) is 5. The number of amides is 1. The highest BCUT2D eigenvalue weighted by Crippen LogP contribution is 2.23. The first-order valence-electron chi connectivity index (χ1n) is 9.55. The third-order valence-corrected chi connectivity index (χ3v) is 7.17. The van der Waals surface area contributed by atoms with Crippen LogP contribution in [0.3, 0.4) is 0 Å². The molecule has 0 unspecified atom stereocenters. The van der Waals surface area contributed by atoms with Crippen LogP contribution in [0.15, 0.2) is 29.2 Å². The molecule has 1 aliphatic heterocycles. The van der Waals surface area contributed by atoms with Crippen molar-refractivity contribution >= 4 is 21.9 Å². The van der Waals surface area contributed by atoms with Crippen molar-refractivity contribution in [1.29, 1.82) is 0 Å². The number of ether oxygens (including phenoxy) is 1. The van der Waals surface area contributed by atoms with Gasteiger partial charge < -0.3 is 14.6 Å². The molecule has 162 valence electrons. The van der Waals surface area contributed by atoms with Crippen LogP contribution in [0.4, 0.5) is 4.39 Å². The Balaban J connectivity index is 1.75. The molecule has 0 spiro atoms. The zero-order valence-corrected chi connectivity index (χ0v) is 17.9. The Morgan fingerprint density at radius 1 is 1.13 bits per heavy atom. The molecule has 0 aliphatic carbocycles. The quantitative estimate of drug-likeness (QED) is 0.721. The number of carbonyl (C=O) groups excluding carboxylic acids is 2. The second kappa shape index (κ2) is 8.57. The van der Waals surface area contributed by atoms with Crippen molar-refractivity contribution in [1.82, 2.24) is 14.2 Å². The summed E-state index contributed by atoms with van der Waals surface area (Å²) in [5.41, 5.74) is 1.81. The van der Waals surface area contributed by atoms with Gasteiger partial charge in [-0.1, -0.05) is 6.92 Å². The van der Waals surface area contributed by atoms with Crippen LogP contribution in [-0.2, 0) is 21.2 Å². The summed E-state index contributed by atoms with van der Waals surface area (Å²) in [5, 5.41) is 0. The number of rotatable bonds is 5. The van der Waals surface area contributed by atoms with E-state index >= 15 is 0 Å². The van der Waals surface area contributed by atoms with E-state index in [2.05, 4.69) is 4.98 Å². The van der Waals surface area contributed by atoms with Gasteiger partial charge in [0.2, 0.25) is 10.0 Å². The number of benzene rings is 1. The lowest BCUT2D eigenvalue weighted by atomic mass is 10.1. The smallest absolute Gasteiger partial charge is 0.339 e. The van der Waals surface area contributed by atoms with Crippen molar-refractivity contribution in [3.05, 3.63) is 52.6 Å². The monoisotopic (exact) mass is 437 g/mol. The number of sulfonamides is 1. The second-order valence-electron chi connectivity index (χ2n) is 6.97. The van der Waals surface area contributed by atoms with Crippen molar-refractivity contribution in [3.8, 4) is 0 Å². The Bertz CT molecular complexity index is 1050. The number of halogens is 1. The Hall–Kier alpha value is -2.72.